The van der Waals surface area contributed by atoms with Crippen molar-refractivity contribution in [2.75, 3.05) is 0 Å². The van der Waals surface area contributed by atoms with E-state index in [0.717, 1.165) is 5.69 Å². The SMILES string of the molecule is CC(C)(C)OC(=O)NC(CCc1cnc[nH]1)C(=O)O. The highest BCUT2D eigenvalue weighted by Crippen LogP contribution is 2.08. The van der Waals surface area contributed by atoms with Crippen LogP contribution in [0.25, 0.3) is 0 Å². The van der Waals surface area contributed by atoms with Crippen LogP contribution in [0.15, 0.2) is 12.5 Å². The maximum absolute atomic E-state index is 11.5. The van der Waals surface area contributed by atoms with Gasteiger partial charge in [0.1, 0.15) is 11.6 Å². The van der Waals surface area contributed by atoms with Crippen LogP contribution in [0.5, 0.6) is 0 Å². The normalized spacial score (nSPS) is 12.8. The molecule has 1 aromatic rings. The summed E-state index contributed by atoms with van der Waals surface area (Å²) in [5.74, 6) is -1.09. The highest BCUT2D eigenvalue weighted by atomic mass is 16.6. The zero-order chi connectivity index (χ0) is 14.5. The van der Waals surface area contributed by atoms with Crippen LogP contribution >= 0.6 is 0 Å². The van der Waals surface area contributed by atoms with Crippen molar-refractivity contribution in [3.63, 3.8) is 0 Å². The first-order valence-corrected chi connectivity index (χ1v) is 5.97. The van der Waals surface area contributed by atoms with Crippen LogP contribution in [-0.4, -0.2) is 38.8 Å². The fourth-order valence-corrected chi connectivity index (χ4v) is 1.43. The molecule has 0 radical (unpaired) electrons. The number of alkyl carbamates (subject to hydrolysis) is 1. The number of rotatable bonds is 5. The highest BCUT2D eigenvalue weighted by Gasteiger charge is 2.23. The van der Waals surface area contributed by atoms with E-state index in [1.807, 2.05) is 0 Å². The van der Waals surface area contributed by atoms with Crippen molar-refractivity contribution < 1.29 is 19.4 Å². The third-order valence-electron chi connectivity index (χ3n) is 2.25. The summed E-state index contributed by atoms with van der Waals surface area (Å²) in [7, 11) is 0. The second kappa shape index (κ2) is 6.21. The number of H-pyrrole nitrogens is 1. The molecule has 1 aromatic heterocycles. The zero-order valence-electron chi connectivity index (χ0n) is 11.3. The number of hydrogen-bond donors (Lipinski definition) is 3. The monoisotopic (exact) mass is 269 g/mol. The van der Waals surface area contributed by atoms with E-state index in [-0.39, 0.29) is 6.42 Å². The molecule has 0 aromatic carbocycles. The van der Waals surface area contributed by atoms with Crippen LogP contribution in [0.3, 0.4) is 0 Å². The Kier molecular flexibility index (Phi) is 4.91. The van der Waals surface area contributed by atoms with Crippen LogP contribution in [0.2, 0.25) is 0 Å². The van der Waals surface area contributed by atoms with Crippen molar-refractivity contribution in [1.29, 1.82) is 0 Å². The number of ether oxygens (including phenoxy) is 1. The van der Waals surface area contributed by atoms with E-state index < -0.39 is 23.7 Å². The molecule has 1 atom stereocenters. The third kappa shape index (κ3) is 5.89. The minimum absolute atomic E-state index is 0.261. The molecule has 1 rings (SSSR count). The van der Waals surface area contributed by atoms with Gasteiger partial charge in [0.15, 0.2) is 0 Å². The van der Waals surface area contributed by atoms with Crippen LogP contribution in [0.1, 0.15) is 32.9 Å². The van der Waals surface area contributed by atoms with E-state index in [1.165, 1.54) is 6.33 Å². The fourth-order valence-electron chi connectivity index (χ4n) is 1.43. The Labute approximate surface area is 111 Å². The largest absolute Gasteiger partial charge is 0.480 e. The topological polar surface area (TPSA) is 104 Å². The molecule has 1 unspecified atom stereocenters. The Hall–Kier alpha value is -2.05. The van der Waals surface area contributed by atoms with Gasteiger partial charge in [-0.05, 0) is 33.6 Å². The fraction of sp³-hybridized carbons (Fsp3) is 0.583. The summed E-state index contributed by atoms with van der Waals surface area (Å²) in [6.07, 6.45) is 3.15. The van der Waals surface area contributed by atoms with E-state index in [2.05, 4.69) is 15.3 Å². The predicted octanol–water partition coefficient (Wildman–Crippen LogP) is 1.32. The maximum atomic E-state index is 11.5. The van der Waals surface area contributed by atoms with Gasteiger partial charge in [-0.1, -0.05) is 0 Å². The van der Waals surface area contributed by atoms with Crippen molar-refractivity contribution in [2.45, 2.75) is 45.3 Å². The minimum atomic E-state index is -1.09. The number of aliphatic carboxylic acids is 1. The number of hydrogen-bond acceptors (Lipinski definition) is 4. The van der Waals surface area contributed by atoms with E-state index in [4.69, 9.17) is 9.84 Å². The molecule has 3 N–H and O–H groups in total. The number of imidazole rings is 1. The summed E-state index contributed by atoms with van der Waals surface area (Å²) >= 11 is 0. The van der Waals surface area contributed by atoms with Gasteiger partial charge in [-0.3, -0.25) is 0 Å². The van der Waals surface area contributed by atoms with Gasteiger partial charge in [-0.15, -0.1) is 0 Å². The number of aryl methyl sites for hydroxylation is 1. The summed E-state index contributed by atoms with van der Waals surface area (Å²) in [6, 6.07) is -0.988. The predicted molar refractivity (Wildman–Crippen MR) is 67.7 cm³/mol. The second-order valence-electron chi connectivity index (χ2n) is 5.15. The molecule has 1 amide bonds. The number of nitrogens with zero attached hydrogens (tertiary/aromatic N) is 1. The average molecular weight is 269 g/mol. The van der Waals surface area contributed by atoms with E-state index >= 15 is 0 Å². The number of carboxylic acid groups (broad SMARTS) is 1. The lowest BCUT2D eigenvalue weighted by Gasteiger charge is -2.21. The first-order valence-electron chi connectivity index (χ1n) is 5.97. The van der Waals surface area contributed by atoms with Crippen LogP contribution in [-0.2, 0) is 16.0 Å². The Balaban J connectivity index is 2.49. The molecule has 0 aliphatic carbocycles. The summed E-state index contributed by atoms with van der Waals surface area (Å²) < 4.78 is 5.02. The van der Waals surface area contributed by atoms with Crippen molar-refractivity contribution in [3.05, 3.63) is 18.2 Å². The molecule has 0 aliphatic heterocycles. The molecule has 0 bridgehead atoms. The van der Waals surface area contributed by atoms with Gasteiger partial charge in [0.25, 0.3) is 0 Å². The zero-order valence-corrected chi connectivity index (χ0v) is 11.3. The second-order valence-corrected chi connectivity index (χ2v) is 5.15. The van der Waals surface area contributed by atoms with Crippen molar-refractivity contribution in [2.24, 2.45) is 0 Å². The number of carbonyl (C=O) groups excluding carboxylic acids is 1. The molecule has 0 saturated heterocycles. The van der Waals surface area contributed by atoms with Crippen molar-refractivity contribution in [1.82, 2.24) is 15.3 Å². The summed E-state index contributed by atoms with van der Waals surface area (Å²) in [5.41, 5.74) is 0.161. The van der Waals surface area contributed by atoms with Gasteiger partial charge < -0.3 is 20.1 Å². The number of nitrogens with one attached hydrogen (secondary N) is 2. The lowest BCUT2D eigenvalue weighted by atomic mass is 10.1. The Morgan fingerprint density at radius 1 is 1.53 bits per heavy atom. The Morgan fingerprint density at radius 2 is 2.21 bits per heavy atom. The number of carbonyl (C=O) groups is 2. The van der Waals surface area contributed by atoms with Gasteiger partial charge >= 0.3 is 12.1 Å². The Morgan fingerprint density at radius 3 is 2.68 bits per heavy atom. The number of amides is 1. The molecule has 7 heteroatoms. The highest BCUT2D eigenvalue weighted by molar-refractivity contribution is 5.79. The molecule has 1 heterocycles. The van der Waals surface area contributed by atoms with Gasteiger partial charge in [-0.2, -0.15) is 0 Å². The molecule has 0 aliphatic rings. The van der Waals surface area contributed by atoms with Crippen LogP contribution in [0, 0.1) is 0 Å². The molecular weight excluding hydrogens is 250 g/mol. The molecule has 0 saturated carbocycles. The average Bonchev–Trinajstić information content (AvgIpc) is 2.73. The molecule has 0 fully saturated rings. The molecular formula is C12H19N3O4. The lowest BCUT2D eigenvalue weighted by molar-refractivity contribution is -0.139. The molecule has 7 nitrogen and oxygen atoms in total. The minimum Gasteiger partial charge on any atom is -0.480 e. The van der Waals surface area contributed by atoms with Crippen molar-refractivity contribution >= 4 is 12.1 Å². The van der Waals surface area contributed by atoms with Gasteiger partial charge in [0, 0.05) is 11.9 Å². The van der Waals surface area contributed by atoms with E-state index in [9.17, 15) is 9.59 Å². The Bertz CT molecular complexity index is 423. The lowest BCUT2D eigenvalue weighted by Crippen LogP contribution is -2.43. The van der Waals surface area contributed by atoms with Gasteiger partial charge in [-0.25, -0.2) is 14.6 Å². The summed E-state index contributed by atoms with van der Waals surface area (Å²) in [4.78, 5) is 29.3. The number of aromatic nitrogens is 2. The number of carboxylic acids is 1. The summed E-state index contributed by atoms with van der Waals surface area (Å²) in [5, 5.41) is 11.4. The molecule has 0 spiro atoms. The quantitative estimate of drug-likeness (QED) is 0.747. The first kappa shape index (κ1) is 15.0. The molecule has 19 heavy (non-hydrogen) atoms. The molecule has 106 valence electrons. The number of aromatic amines is 1. The first-order chi connectivity index (χ1) is 8.78. The standard InChI is InChI=1S/C12H19N3O4/c1-12(2,3)19-11(18)15-9(10(16)17)5-4-8-6-13-7-14-8/h6-7,9H,4-5H2,1-3H3,(H,13,14)(H,15,18)(H,16,17). The van der Waals surface area contributed by atoms with E-state index in [1.54, 1.807) is 27.0 Å². The van der Waals surface area contributed by atoms with Gasteiger partial charge in [0.05, 0.1) is 6.33 Å². The van der Waals surface area contributed by atoms with Crippen LogP contribution < -0.4 is 5.32 Å². The summed E-state index contributed by atoms with van der Waals surface area (Å²) in [6.45, 7) is 5.15. The van der Waals surface area contributed by atoms with Crippen molar-refractivity contribution in [3.8, 4) is 0 Å². The maximum Gasteiger partial charge on any atom is 0.408 e. The third-order valence-corrected chi connectivity index (χ3v) is 2.25. The van der Waals surface area contributed by atoms with E-state index in [0.29, 0.717) is 6.42 Å². The van der Waals surface area contributed by atoms with Crippen LogP contribution in [0.4, 0.5) is 4.79 Å². The smallest absolute Gasteiger partial charge is 0.408 e. The van der Waals surface area contributed by atoms with Gasteiger partial charge in [0.2, 0.25) is 0 Å².